The lowest BCUT2D eigenvalue weighted by molar-refractivity contribution is -0.0751. The van der Waals surface area contributed by atoms with Crippen LogP contribution >= 0.6 is 0 Å². The number of ether oxygens (including phenoxy) is 1. The zero-order valence-corrected chi connectivity index (χ0v) is 10.4. The Morgan fingerprint density at radius 3 is 2.94 bits per heavy atom. The van der Waals surface area contributed by atoms with Crippen molar-refractivity contribution in [3.63, 3.8) is 0 Å². The van der Waals surface area contributed by atoms with Gasteiger partial charge in [0.2, 0.25) is 0 Å². The summed E-state index contributed by atoms with van der Waals surface area (Å²) in [5.74, 6) is 0.249. The first kappa shape index (κ1) is 11.9. The van der Waals surface area contributed by atoms with E-state index < -0.39 is 0 Å². The average molecular weight is 222 g/mol. The van der Waals surface area contributed by atoms with Gasteiger partial charge < -0.3 is 4.74 Å². The maximum Gasteiger partial charge on any atom is 0.0674 e. The fourth-order valence-corrected chi connectivity index (χ4v) is 3.12. The summed E-state index contributed by atoms with van der Waals surface area (Å²) in [6.07, 6.45) is 4.94. The van der Waals surface area contributed by atoms with Crippen LogP contribution in [0.5, 0.6) is 0 Å². The summed E-state index contributed by atoms with van der Waals surface area (Å²) in [4.78, 5) is 2.55. The van der Waals surface area contributed by atoms with E-state index in [4.69, 9.17) is 4.74 Å². The molecule has 2 fully saturated rings. The Balaban J connectivity index is 2.07. The fourth-order valence-electron chi connectivity index (χ4n) is 3.12. The van der Waals surface area contributed by atoms with E-state index in [2.05, 4.69) is 24.8 Å². The molecule has 4 atom stereocenters. The molecule has 0 amide bonds. The smallest absolute Gasteiger partial charge is 0.0674 e. The first-order valence-corrected chi connectivity index (χ1v) is 6.53. The molecule has 90 valence electrons. The first-order valence-electron chi connectivity index (χ1n) is 6.53. The zero-order chi connectivity index (χ0) is 11.5. The molecule has 4 unspecified atom stereocenters. The molecule has 0 aromatic heterocycles. The molecule has 2 aliphatic rings. The minimum absolute atomic E-state index is 0.249. The molecule has 1 saturated carbocycles. The Morgan fingerprint density at radius 1 is 1.44 bits per heavy atom. The molecule has 0 N–H and O–H groups in total. The van der Waals surface area contributed by atoms with E-state index in [1.165, 1.54) is 12.8 Å². The number of hydrogen-bond donors (Lipinski definition) is 0. The topological polar surface area (TPSA) is 36.3 Å². The van der Waals surface area contributed by atoms with E-state index in [0.29, 0.717) is 18.2 Å². The van der Waals surface area contributed by atoms with Crippen molar-refractivity contribution in [1.82, 2.24) is 4.90 Å². The number of nitriles is 1. The summed E-state index contributed by atoms with van der Waals surface area (Å²) in [7, 11) is 0. The van der Waals surface area contributed by atoms with E-state index in [1.54, 1.807) is 0 Å². The normalized spacial score (nSPS) is 40.8. The van der Waals surface area contributed by atoms with Gasteiger partial charge in [-0.2, -0.15) is 5.26 Å². The number of hydrogen-bond acceptors (Lipinski definition) is 3. The highest BCUT2D eigenvalue weighted by Crippen LogP contribution is 2.32. The summed E-state index contributed by atoms with van der Waals surface area (Å²) >= 11 is 0. The lowest BCUT2D eigenvalue weighted by Gasteiger charge is -2.42. The van der Waals surface area contributed by atoms with Gasteiger partial charge in [0, 0.05) is 18.6 Å². The molecule has 0 radical (unpaired) electrons. The Labute approximate surface area is 98.4 Å². The molecule has 16 heavy (non-hydrogen) atoms. The average Bonchev–Trinajstić information content (AvgIpc) is 2.76. The molecule has 0 spiro atoms. The molecule has 2 rings (SSSR count). The summed E-state index contributed by atoms with van der Waals surface area (Å²) in [5.41, 5.74) is 0. The van der Waals surface area contributed by atoms with Crippen molar-refractivity contribution in [2.75, 3.05) is 13.2 Å². The van der Waals surface area contributed by atoms with Crippen LogP contribution in [-0.2, 0) is 4.74 Å². The maximum atomic E-state index is 9.18. The SMILES string of the molecule is CCC1COC(C)CN1C1CCCC1C#N. The molecule has 0 bridgehead atoms. The van der Waals surface area contributed by atoms with Gasteiger partial charge in [-0.3, -0.25) is 4.90 Å². The van der Waals surface area contributed by atoms with Crippen molar-refractivity contribution in [2.24, 2.45) is 5.92 Å². The van der Waals surface area contributed by atoms with Gasteiger partial charge in [-0.25, -0.2) is 0 Å². The van der Waals surface area contributed by atoms with Crippen LogP contribution in [0.4, 0.5) is 0 Å². The van der Waals surface area contributed by atoms with Crippen LogP contribution in [0, 0.1) is 17.2 Å². The molecular weight excluding hydrogens is 200 g/mol. The number of rotatable bonds is 2. The third-order valence-corrected chi connectivity index (χ3v) is 4.05. The molecule has 1 heterocycles. The molecular formula is C13H22N2O. The van der Waals surface area contributed by atoms with E-state index in [-0.39, 0.29) is 5.92 Å². The Kier molecular flexibility index (Phi) is 3.83. The first-order chi connectivity index (χ1) is 7.76. The Bertz CT molecular complexity index is 274. The Hall–Kier alpha value is -0.590. The third-order valence-electron chi connectivity index (χ3n) is 4.05. The third kappa shape index (κ3) is 2.23. The number of morpholine rings is 1. The second kappa shape index (κ2) is 5.16. The zero-order valence-electron chi connectivity index (χ0n) is 10.4. The Morgan fingerprint density at radius 2 is 2.25 bits per heavy atom. The molecule has 3 nitrogen and oxygen atoms in total. The van der Waals surface area contributed by atoms with Gasteiger partial charge in [0.05, 0.1) is 24.7 Å². The minimum atomic E-state index is 0.249. The number of nitrogens with zero attached hydrogens (tertiary/aromatic N) is 2. The predicted octanol–water partition coefficient (Wildman–Crippen LogP) is 2.18. The second-order valence-corrected chi connectivity index (χ2v) is 5.14. The van der Waals surface area contributed by atoms with Gasteiger partial charge >= 0.3 is 0 Å². The predicted molar refractivity (Wildman–Crippen MR) is 62.9 cm³/mol. The van der Waals surface area contributed by atoms with E-state index in [0.717, 1.165) is 26.0 Å². The second-order valence-electron chi connectivity index (χ2n) is 5.14. The minimum Gasteiger partial charge on any atom is -0.376 e. The van der Waals surface area contributed by atoms with E-state index >= 15 is 0 Å². The molecule has 0 aromatic rings. The summed E-state index contributed by atoms with van der Waals surface area (Å²) in [6, 6.07) is 3.50. The van der Waals surface area contributed by atoms with E-state index in [1.807, 2.05) is 0 Å². The van der Waals surface area contributed by atoms with E-state index in [9.17, 15) is 5.26 Å². The van der Waals surface area contributed by atoms with Crippen LogP contribution in [0.15, 0.2) is 0 Å². The lowest BCUT2D eigenvalue weighted by Crippen LogP contribution is -2.54. The van der Waals surface area contributed by atoms with Gasteiger partial charge in [-0.05, 0) is 26.2 Å². The van der Waals surface area contributed by atoms with Gasteiger partial charge in [-0.1, -0.05) is 13.3 Å². The highest BCUT2D eigenvalue weighted by atomic mass is 16.5. The molecule has 3 heteroatoms. The van der Waals surface area contributed by atoms with Gasteiger partial charge in [0.25, 0.3) is 0 Å². The molecule has 1 aliphatic carbocycles. The highest BCUT2D eigenvalue weighted by Gasteiger charge is 2.37. The van der Waals surface area contributed by atoms with Gasteiger partial charge in [-0.15, -0.1) is 0 Å². The fraction of sp³-hybridized carbons (Fsp3) is 0.923. The molecule has 0 aromatic carbocycles. The summed E-state index contributed by atoms with van der Waals surface area (Å²) in [5, 5.41) is 9.18. The molecule has 1 aliphatic heterocycles. The van der Waals surface area contributed by atoms with Crippen molar-refractivity contribution in [2.45, 2.75) is 57.7 Å². The van der Waals surface area contributed by atoms with Crippen LogP contribution in [0.2, 0.25) is 0 Å². The molecule has 1 saturated heterocycles. The van der Waals surface area contributed by atoms with Crippen LogP contribution < -0.4 is 0 Å². The largest absolute Gasteiger partial charge is 0.376 e. The van der Waals surface area contributed by atoms with Crippen molar-refractivity contribution in [3.8, 4) is 6.07 Å². The monoisotopic (exact) mass is 222 g/mol. The maximum absolute atomic E-state index is 9.18. The van der Waals surface area contributed by atoms with Crippen molar-refractivity contribution in [3.05, 3.63) is 0 Å². The quantitative estimate of drug-likeness (QED) is 0.718. The van der Waals surface area contributed by atoms with Crippen LogP contribution in [-0.4, -0.2) is 36.2 Å². The van der Waals surface area contributed by atoms with Gasteiger partial charge in [0.15, 0.2) is 0 Å². The highest BCUT2D eigenvalue weighted by molar-refractivity contribution is 4.99. The summed E-state index contributed by atoms with van der Waals surface area (Å²) < 4.78 is 5.72. The van der Waals surface area contributed by atoms with Crippen molar-refractivity contribution in [1.29, 1.82) is 5.26 Å². The van der Waals surface area contributed by atoms with Gasteiger partial charge in [0.1, 0.15) is 0 Å². The lowest BCUT2D eigenvalue weighted by atomic mass is 9.99. The van der Waals surface area contributed by atoms with Crippen LogP contribution in [0.1, 0.15) is 39.5 Å². The van der Waals surface area contributed by atoms with Crippen molar-refractivity contribution >= 4 is 0 Å². The van der Waals surface area contributed by atoms with Crippen molar-refractivity contribution < 1.29 is 4.74 Å². The van der Waals surface area contributed by atoms with Crippen LogP contribution in [0.3, 0.4) is 0 Å². The van der Waals surface area contributed by atoms with Crippen LogP contribution in [0.25, 0.3) is 0 Å². The standard InChI is InChI=1S/C13H22N2O/c1-3-12-9-16-10(2)8-15(12)13-6-4-5-11(13)7-14/h10-13H,3-6,8-9H2,1-2H3. The summed E-state index contributed by atoms with van der Waals surface area (Å²) in [6.45, 7) is 6.19.